The van der Waals surface area contributed by atoms with Gasteiger partial charge in [0.1, 0.15) is 11.9 Å². The van der Waals surface area contributed by atoms with Crippen molar-refractivity contribution in [2.75, 3.05) is 32.7 Å². The number of pyridine rings is 1. The Kier molecular flexibility index (Phi) is 5.40. The Morgan fingerprint density at radius 1 is 1.47 bits per heavy atom. The molecule has 92 valence electrons. The minimum atomic E-state index is -0.0612. The van der Waals surface area contributed by atoms with Gasteiger partial charge < -0.3 is 14.8 Å². The first kappa shape index (κ1) is 13.4. The van der Waals surface area contributed by atoms with E-state index in [0.717, 1.165) is 5.69 Å². The van der Waals surface area contributed by atoms with Crippen LogP contribution in [0.3, 0.4) is 0 Å². The maximum absolute atomic E-state index is 8.95. The quantitative estimate of drug-likeness (QED) is 0.805. The number of ether oxygens (including phenoxy) is 2. The number of aryl methyl sites for hydroxylation is 1. The highest BCUT2D eigenvalue weighted by Gasteiger charge is 2.09. The van der Waals surface area contributed by atoms with E-state index >= 15 is 0 Å². The van der Waals surface area contributed by atoms with Gasteiger partial charge in [0.2, 0.25) is 0 Å². The van der Waals surface area contributed by atoms with Crippen molar-refractivity contribution in [2.24, 2.45) is 0 Å². The smallest absolute Gasteiger partial charge is 0.144 e. The highest BCUT2D eigenvalue weighted by Crippen LogP contribution is 2.12. The second kappa shape index (κ2) is 6.84. The van der Waals surface area contributed by atoms with Crippen LogP contribution in [0.1, 0.15) is 11.3 Å². The fraction of sp³-hybridized carbons (Fsp3) is 0.500. The SMILES string of the molecule is COCC(CNc1nc(C)ccc1C#N)OC. The number of rotatable bonds is 6. The molecule has 0 radical (unpaired) electrons. The third-order valence-corrected chi connectivity index (χ3v) is 2.34. The number of nitrogens with one attached hydrogen (secondary N) is 1. The van der Waals surface area contributed by atoms with Crippen molar-refractivity contribution in [3.05, 3.63) is 23.4 Å². The standard InChI is InChI=1S/C12H17N3O2/c1-9-4-5-10(6-13)12(15-9)14-7-11(17-3)8-16-2/h4-5,11H,7-8H2,1-3H3,(H,14,15). The Bertz CT molecular complexity index is 401. The van der Waals surface area contributed by atoms with E-state index in [0.29, 0.717) is 24.5 Å². The second-order valence-electron chi connectivity index (χ2n) is 3.65. The molecule has 1 rings (SSSR count). The molecule has 0 saturated carbocycles. The van der Waals surface area contributed by atoms with Crippen LogP contribution in [-0.2, 0) is 9.47 Å². The van der Waals surface area contributed by atoms with E-state index in [1.165, 1.54) is 0 Å². The molecule has 5 heteroatoms. The van der Waals surface area contributed by atoms with Crippen molar-refractivity contribution in [3.8, 4) is 6.07 Å². The van der Waals surface area contributed by atoms with Gasteiger partial charge in [0, 0.05) is 26.5 Å². The molecule has 0 aliphatic heterocycles. The number of nitrogens with zero attached hydrogens (tertiary/aromatic N) is 2. The lowest BCUT2D eigenvalue weighted by Crippen LogP contribution is -2.27. The number of aromatic nitrogens is 1. The summed E-state index contributed by atoms with van der Waals surface area (Å²) in [4.78, 5) is 4.28. The molecule has 1 aromatic rings. The molecule has 17 heavy (non-hydrogen) atoms. The Morgan fingerprint density at radius 2 is 2.24 bits per heavy atom. The molecule has 0 amide bonds. The third kappa shape index (κ3) is 4.02. The fourth-order valence-electron chi connectivity index (χ4n) is 1.39. The van der Waals surface area contributed by atoms with Gasteiger partial charge >= 0.3 is 0 Å². The first-order valence-corrected chi connectivity index (χ1v) is 5.34. The second-order valence-corrected chi connectivity index (χ2v) is 3.65. The number of methoxy groups -OCH3 is 2. The first-order valence-electron chi connectivity index (χ1n) is 5.34. The van der Waals surface area contributed by atoms with Crippen LogP contribution >= 0.6 is 0 Å². The zero-order chi connectivity index (χ0) is 12.7. The van der Waals surface area contributed by atoms with Gasteiger partial charge in [0.15, 0.2) is 0 Å². The molecule has 1 heterocycles. The Morgan fingerprint density at radius 3 is 2.82 bits per heavy atom. The number of hydrogen-bond acceptors (Lipinski definition) is 5. The molecule has 0 saturated heterocycles. The summed E-state index contributed by atoms with van der Waals surface area (Å²) in [5.41, 5.74) is 1.40. The summed E-state index contributed by atoms with van der Waals surface area (Å²) in [5.74, 6) is 0.589. The van der Waals surface area contributed by atoms with Crippen LogP contribution in [0.15, 0.2) is 12.1 Å². The van der Waals surface area contributed by atoms with E-state index in [9.17, 15) is 0 Å². The lowest BCUT2D eigenvalue weighted by Gasteiger charge is -2.16. The van der Waals surface area contributed by atoms with Crippen LogP contribution in [0.5, 0.6) is 0 Å². The van der Waals surface area contributed by atoms with Crippen LogP contribution < -0.4 is 5.32 Å². The highest BCUT2D eigenvalue weighted by atomic mass is 16.5. The molecule has 0 spiro atoms. The minimum Gasteiger partial charge on any atom is -0.382 e. The average Bonchev–Trinajstić information content (AvgIpc) is 2.34. The summed E-state index contributed by atoms with van der Waals surface area (Å²) in [5, 5.41) is 12.1. The largest absolute Gasteiger partial charge is 0.382 e. The maximum Gasteiger partial charge on any atom is 0.144 e. The molecular formula is C12H17N3O2. The van der Waals surface area contributed by atoms with E-state index in [4.69, 9.17) is 14.7 Å². The number of anilines is 1. The minimum absolute atomic E-state index is 0.0612. The zero-order valence-electron chi connectivity index (χ0n) is 10.4. The van der Waals surface area contributed by atoms with Crippen molar-refractivity contribution in [3.63, 3.8) is 0 Å². The zero-order valence-corrected chi connectivity index (χ0v) is 10.4. The third-order valence-electron chi connectivity index (χ3n) is 2.34. The Labute approximate surface area is 101 Å². The number of hydrogen-bond donors (Lipinski definition) is 1. The van der Waals surface area contributed by atoms with E-state index < -0.39 is 0 Å². The predicted octanol–water partition coefficient (Wildman–Crippen LogP) is 1.33. The fourth-order valence-corrected chi connectivity index (χ4v) is 1.39. The van der Waals surface area contributed by atoms with Crippen molar-refractivity contribution in [1.29, 1.82) is 5.26 Å². The molecule has 0 aliphatic rings. The van der Waals surface area contributed by atoms with Gasteiger partial charge in [-0.3, -0.25) is 0 Å². The summed E-state index contributed by atoms with van der Waals surface area (Å²) < 4.78 is 10.2. The normalized spacial score (nSPS) is 11.9. The first-order chi connectivity index (χ1) is 8.21. The van der Waals surface area contributed by atoms with E-state index in [-0.39, 0.29) is 6.10 Å². The van der Waals surface area contributed by atoms with Crippen molar-refractivity contribution >= 4 is 5.82 Å². The van der Waals surface area contributed by atoms with Crippen LogP contribution in [0.2, 0.25) is 0 Å². The highest BCUT2D eigenvalue weighted by molar-refractivity contribution is 5.52. The van der Waals surface area contributed by atoms with E-state index in [1.54, 1.807) is 20.3 Å². The molecule has 0 aliphatic carbocycles. The van der Waals surface area contributed by atoms with Crippen LogP contribution in [0, 0.1) is 18.3 Å². The van der Waals surface area contributed by atoms with Gasteiger partial charge in [-0.05, 0) is 19.1 Å². The predicted molar refractivity (Wildman–Crippen MR) is 64.9 cm³/mol. The Balaban J connectivity index is 2.68. The van der Waals surface area contributed by atoms with Gasteiger partial charge in [-0.2, -0.15) is 5.26 Å². The monoisotopic (exact) mass is 235 g/mol. The average molecular weight is 235 g/mol. The molecule has 1 N–H and O–H groups in total. The van der Waals surface area contributed by atoms with Gasteiger partial charge in [-0.25, -0.2) is 4.98 Å². The molecule has 1 aromatic heterocycles. The molecule has 1 atom stereocenters. The van der Waals surface area contributed by atoms with E-state index in [2.05, 4.69) is 16.4 Å². The lowest BCUT2D eigenvalue weighted by atomic mass is 10.2. The number of nitriles is 1. The summed E-state index contributed by atoms with van der Waals surface area (Å²) in [6.45, 7) is 2.93. The summed E-state index contributed by atoms with van der Waals surface area (Å²) in [7, 11) is 3.25. The van der Waals surface area contributed by atoms with Crippen molar-refractivity contribution < 1.29 is 9.47 Å². The van der Waals surface area contributed by atoms with Gasteiger partial charge in [0.25, 0.3) is 0 Å². The van der Waals surface area contributed by atoms with Crippen molar-refractivity contribution in [2.45, 2.75) is 13.0 Å². The van der Waals surface area contributed by atoms with E-state index in [1.807, 2.05) is 13.0 Å². The van der Waals surface area contributed by atoms with Gasteiger partial charge in [-0.15, -0.1) is 0 Å². The van der Waals surface area contributed by atoms with Crippen LogP contribution in [0.4, 0.5) is 5.82 Å². The molecule has 0 fully saturated rings. The topological polar surface area (TPSA) is 67.2 Å². The van der Waals surface area contributed by atoms with Crippen molar-refractivity contribution in [1.82, 2.24) is 4.98 Å². The summed E-state index contributed by atoms with van der Waals surface area (Å²) in [6.07, 6.45) is -0.0612. The molecule has 1 unspecified atom stereocenters. The maximum atomic E-state index is 8.95. The molecular weight excluding hydrogens is 218 g/mol. The van der Waals surface area contributed by atoms with Crippen LogP contribution in [-0.4, -0.2) is 38.5 Å². The van der Waals surface area contributed by atoms with Gasteiger partial charge in [0.05, 0.1) is 18.3 Å². The molecule has 0 bridgehead atoms. The molecule has 0 aromatic carbocycles. The van der Waals surface area contributed by atoms with Gasteiger partial charge in [-0.1, -0.05) is 0 Å². The summed E-state index contributed by atoms with van der Waals surface area (Å²) in [6, 6.07) is 5.66. The molecule has 5 nitrogen and oxygen atoms in total. The summed E-state index contributed by atoms with van der Waals surface area (Å²) >= 11 is 0. The van der Waals surface area contributed by atoms with Crippen LogP contribution in [0.25, 0.3) is 0 Å². The lowest BCUT2D eigenvalue weighted by molar-refractivity contribution is 0.0365. The Hall–Kier alpha value is -1.64.